The Morgan fingerprint density at radius 2 is 2.23 bits per heavy atom. The first-order chi connectivity index (χ1) is 10.3. The van der Waals surface area contributed by atoms with E-state index in [4.69, 9.17) is 4.52 Å². The molecule has 1 unspecified atom stereocenters. The lowest BCUT2D eigenvalue weighted by atomic mass is 10.2. The van der Waals surface area contributed by atoms with E-state index < -0.39 is 24.7 Å². The van der Waals surface area contributed by atoms with Crippen LogP contribution in [0.3, 0.4) is 0 Å². The van der Waals surface area contributed by atoms with Gasteiger partial charge in [0, 0.05) is 6.54 Å². The van der Waals surface area contributed by atoms with Crippen molar-refractivity contribution in [2.45, 2.75) is 25.6 Å². The van der Waals surface area contributed by atoms with E-state index in [1.807, 2.05) is 0 Å². The number of nitrogens with zero attached hydrogens (tertiary/aromatic N) is 4. The summed E-state index contributed by atoms with van der Waals surface area (Å²) in [6.07, 6.45) is -2.90. The highest BCUT2D eigenvalue weighted by molar-refractivity contribution is 5.92. The number of carbonyl (C=O) groups excluding carboxylic acids is 1. The Bertz CT molecular complexity index is 714. The van der Waals surface area contributed by atoms with Gasteiger partial charge in [-0.15, -0.1) is 0 Å². The number of nitrogens with one attached hydrogen (secondary N) is 1. The first-order valence-electron chi connectivity index (χ1n) is 6.54. The lowest BCUT2D eigenvalue weighted by molar-refractivity contribution is -0.157. The van der Waals surface area contributed by atoms with E-state index in [-0.39, 0.29) is 18.7 Å². The average molecular weight is 315 g/mol. The number of aryl methyl sites for hydroxylation is 1. The molecule has 1 saturated heterocycles. The standard InChI is InChI=1S/C12H12F3N5O2/c1-6-8-9(16-5-17-10(8)22-19-6)18-7-2-3-20(11(7)21)4-12(13,14)15/h5,7H,2-4H2,1H3,(H,16,17,18). The van der Waals surface area contributed by atoms with Crippen LogP contribution in [0.4, 0.5) is 19.0 Å². The second-order valence-electron chi connectivity index (χ2n) is 5.03. The van der Waals surface area contributed by atoms with E-state index >= 15 is 0 Å². The fraction of sp³-hybridized carbons (Fsp3) is 0.500. The Kier molecular flexibility index (Phi) is 3.38. The second kappa shape index (κ2) is 5.11. The quantitative estimate of drug-likeness (QED) is 0.924. The summed E-state index contributed by atoms with van der Waals surface area (Å²) in [7, 11) is 0. The molecule has 1 aliphatic rings. The van der Waals surface area contributed by atoms with Crippen LogP contribution in [0.15, 0.2) is 10.9 Å². The van der Waals surface area contributed by atoms with Crippen molar-refractivity contribution in [3.63, 3.8) is 0 Å². The average Bonchev–Trinajstić information content (AvgIpc) is 2.96. The van der Waals surface area contributed by atoms with Crippen LogP contribution in [0.5, 0.6) is 0 Å². The summed E-state index contributed by atoms with van der Waals surface area (Å²) in [5, 5.41) is 7.14. The molecule has 2 aromatic rings. The van der Waals surface area contributed by atoms with Gasteiger partial charge < -0.3 is 14.7 Å². The van der Waals surface area contributed by atoms with Gasteiger partial charge in [0.25, 0.3) is 5.71 Å². The molecule has 0 radical (unpaired) electrons. The maximum Gasteiger partial charge on any atom is 0.406 e. The molecule has 1 amide bonds. The minimum absolute atomic E-state index is 0.0485. The first kappa shape index (κ1) is 14.5. The van der Waals surface area contributed by atoms with Gasteiger partial charge in [0.1, 0.15) is 30.1 Å². The molecule has 1 fully saturated rings. The van der Waals surface area contributed by atoms with Crippen LogP contribution in [0.25, 0.3) is 11.1 Å². The molecule has 10 heteroatoms. The van der Waals surface area contributed by atoms with E-state index in [0.717, 1.165) is 4.90 Å². The summed E-state index contributed by atoms with van der Waals surface area (Å²) in [5.74, 6) is -0.269. The van der Waals surface area contributed by atoms with Crippen molar-refractivity contribution in [3.8, 4) is 0 Å². The Morgan fingerprint density at radius 3 is 2.95 bits per heavy atom. The lowest BCUT2D eigenvalue weighted by Gasteiger charge is -2.18. The van der Waals surface area contributed by atoms with Gasteiger partial charge in [-0.25, -0.2) is 4.98 Å². The number of alkyl halides is 3. The summed E-state index contributed by atoms with van der Waals surface area (Å²) in [4.78, 5) is 20.7. The maximum absolute atomic E-state index is 12.4. The Balaban J connectivity index is 1.79. The lowest BCUT2D eigenvalue weighted by Crippen LogP contribution is -2.39. The number of hydrogen-bond donors (Lipinski definition) is 1. The molecule has 3 rings (SSSR count). The Labute approximate surface area is 122 Å². The Hall–Kier alpha value is -2.39. The SMILES string of the molecule is Cc1noc2ncnc(NC3CCN(CC(F)(F)F)C3=O)c12. The molecule has 0 bridgehead atoms. The maximum atomic E-state index is 12.4. The van der Waals surface area contributed by atoms with E-state index in [1.54, 1.807) is 6.92 Å². The molecule has 2 aromatic heterocycles. The molecule has 0 spiro atoms. The van der Waals surface area contributed by atoms with Crippen LogP contribution >= 0.6 is 0 Å². The predicted octanol–water partition coefficient (Wildman–Crippen LogP) is 1.50. The first-order valence-corrected chi connectivity index (χ1v) is 6.54. The monoisotopic (exact) mass is 315 g/mol. The van der Waals surface area contributed by atoms with Gasteiger partial charge in [0.2, 0.25) is 5.91 Å². The molecule has 22 heavy (non-hydrogen) atoms. The third kappa shape index (κ3) is 2.68. The topological polar surface area (TPSA) is 84.2 Å². The molecule has 7 nitrogen and oxygen atoms in total. The van der Waals surface area contributed by atoms with Crippen LogP contribution in [-0.2, 0) is 4.79 Å². The molecule has 0 saturated carbocycles. The number of amides is 1. The van der Waals surface area contributed by atoms with Crippen LogP contribution in [-0.4, -0.2) is 51.2 Å². The van der Waals surface area contributed by atoms with E-state index in [1.165, 1.54) is 6.33 Å². The number of likely N-dealkylation sites (tertiary alicyclic amines) is 1. The number of fused-ring (bicyclic) bond motifs is 1. The predicted molar refractivity (Wildman–Crippen MR) is 69.0 cm³/mol. The van der Waals surface area contributed by atoms with Gasteiger partial charge in [-0.05, 0) is 13.3 Å². The fourth-order valence-corrected chi connectivity index (χ4v) is 2.44. The number of rotatable bonds is 3. The smallest absolute Gasteiger partial charge is 0.358 e. The van der Waals surface area contributed by atoms with Crippen molar-refractivity contribution in [3.05, 3.63) is 12.0 Å². The highest BCUT2D eigenvalue weighted by atomic mass is 19.4. The molecular weight excluding hydrogens is 303 g/mol. The number of carbonyl (C=O) groups is 1. The van der Waals surface area contributed by atoms with Gasteiger partial charge in [0.15, 0.2) is 0 Å². The van der Waals surface area contributed by atoms with Gasteiger partial charge in [0.05, 0.1) is 5.69 Å². The van der Waals surface area contributed by atoms with Crippen molar-refractivity contribution in [2.24, 2.45) is 0 Å². The van der Waals surface area contributed by atoms with Gasteiger partial charge >= 0.3 is 6.18 Å². The normalized spacial score (nSPS) is 19.2. The third-order valence-electron chi connectivity index (χ3n) is 3.42. The van der Waals surface area contributed by atoms with E-state index in [2.05, 4.69) is 20.4 Å². The number of hydrogen-bond acceptors (Lipinski definition) is 6. The van der Waals surface area contributed by atoms with Crippen LogP contribution < -0.4 is 5.32 Å². The molecule has 0 aromatic carbocycles. The van der Waals surface area contributed by atoms with E-state index in [9.17, 15) is 18.0 Å². The third-order valence-corrected chi connectivity index (χ3v) is 3.42. The summed E-state index contributed by atoms with van der Waals surface area (Å²) in [5.41, 5.74) is 0.795. The highest BCUT2D eigenvalue weighted by Gasteiger charge is 2.39. The van der Waals surface area contributed by atoms with Crippen molar-refractivity contribution in [1.82, 2.24) is 20.0 Å². The number of anilines is 1. The molecule has 1 N–H and O–H groups in total. The van der Waals surface area contributed by atoms with Crippen LogP contribution in [0, 0.1) is 6.92 Å². The molecule has 0 aliphatic carbocycles. The van der Waals surface area contributed by atoms with Crippen LogP contribution in [0.2, 0.25) is 0 Å². The van der Waals surface area contributed by atoms with Crippen molar-refractivity contribution in [2.75, 3.05) is 18.4 Å². The second-order valence-corrected chi connectivity index (χ2v) is 5.03. The summed E-state index contributed by atoms with van der Waals surface area (Å²) < 4.78 is 42.2. The van der Waals surface area contributed by atoms with Crippen molar-refractivity contribution >= 4 is 22.8 Å². The van der Waals surface area contributed by atoms with Crippen LogP contribution in [0.1, 0.15) is 12.1 Å². The molecule has 1 aliphatic heterocycles. The zero-order valence-corrected chi connectivity index (χ0v) is 11.5. The number of aromatic nitrogens is 3. The molecule has 3 heterocycles. The minimum Gasteiger partial charge on any atom is -0.358 e. The molecular formula is C12H12F3N5O2. The summed E-state index contributed by atoms with van der Waals surface area (Å²) in [6.45, 7) is 0.495. The van der Waals surface area contributed by atoms with Gasteiger partial charge in [-0.2, -0.15) is 18.2 Å². The Morgan fingerprint density at radius 1 is 1.45 bits per heavy atom. The largest absolute Gasteiger partial charge is 0.406 e. The molecule has 1 atom stereocenters. The van der Waals surface area contributed by atoms with E-state index in [0.29, 0.717) is 16.9 Å². The van der Waals surface area contributed by atoms with Gasteiger partial charge in [-0.1, -0.05) is 5.16 Å². The van der Waals surface area contributed by atoms with Gasteiger partial charge in [-0.3, -0.25) is 4.79 Å². The summed E-state index contributed by atoms with van der Waals surface area (Å²) >= 11 is 0. The highest BCUT2D eigenvalue weighted by Crippen LogP contribution is 2.26. The fourth-order valence-electron chi connectivity index (χ4n) is 2.44. The van der Waals surface area contributed by atoms with Crippen molar-refractivity contribution in [1.29, 1.82) is 0 Å². The molecule has 118 valence electrons. The minimum atomic E-state index is -4.40. The summed E-state index contributed by atoms with van der Waals surface area (Å²) in [6, 6.07) is -0.755. The van der Waals surface area contributed by atoms with Crippen molar-refractivity contribution < 1.29 is 22.5 Å². The zero-order chi connectivity index (χ0) is 15.9. The number of halogens is 3. The zero-order valence-electron chi connectivity index (χ0n) is 11.5.